The first-order chi connectivity index (χ1) is 10.5. The SMILES string of the molecule is O=C(/C=C/c1cc(Cl)ccc1Cl)NNc1cc(Cl)ccc1Cl. The molecule has 2 N–H and O–H groups in total. The molecule has 0 fully saturated rings. The standard InChI is InChI=1S/C15H10Cl4N2O/c16-10-2-4-12(18)9(7-10)1-6-15(22)21-20-14-8-11(17)3-5-13(14)19/h1-8,20H,(H,21,22)/b6-1+. The Balaban J connectivity index is 1.99. The van der Waals surface area contributed by atoms with Crippen LogP contribution in [0, 0.1) is 0 Å². The van der Waals surface area contributed by atoms with Crippen molar-refractivity contribution in [3.8, 4) is 0 Å². The van der Waals surface area contributed by atoms with E-state index >= 15 is 0 Å². The van der Waals surface area contributed by atoms with Crippen molar-refractivity contribution in [2.24, 2.45) is 0 Å². The summed E-state index contributed by atoms with van der Waals surface area (Å²) in [5.74, 6) is -0.382. The number of carbonyl (C=O) groups excluding carboxylic acids is 1. The normalized spacial score (nSPS) is 10.7. The van der Waals surface area contributed by atoms with E-state index in [2.05, 4.69) is 10.9 Å². The third-order valence-corrected chi connectivity index (χ3v) is 3.77. The second-order valence-electron chi connectivity index (χ2n) is 4.24. The minimum Gasteiger partial charge on any atom is -0.297 e. The molecule has 0 bridgehead atoms. The van der Waals surface area contributed by atoms with Gasteiger partial charge in [0.2, 0.25) is 0 Å². The number of halogens is 4. The Bertz CT molecular complexity index is 731. The van der Waals surface area contributed by atoms with Crippen LogP contribution in [0.2, 0.25) is 20.1 Å². The van der Waals surface area contributed by atoms with Crippen LogP contribution in [-0.4, -0.2) is 5.91 Å². The first-order valence-electron chi connectivity index (χ1n) is 6.10. The molecule has 0 aromatic heterocycles. The third kappa shape index (κ3) is 4.82. The summed E-state index contributed by atoms with van der Waals surface area (Å²) in [6.07, 6.45) is 2.88. The molecule has 7 heteroatoms. The fourth-order valence-corrected chi connectivity index (χ4v) is 2.27. The van der Waals surface area contributed by atoms with Crippen LogP contribution in [0.3, 0.4) is 0 Å². The van der Waals surface area contributed by atoms with Crippen molar-refractivity contribution in [3.63, 3.8) is 0 Å². The highest BCUT2D eigenvalue weighted by Crippen LogP contribution is 2.24. The molecule has 2 aromatic rings. The Labute approximate surface area is 147 Å². The molecule has 114 valence electrons. The van der Waals surface area contributed by atoms with Crippen molar-refractivity contribution in [3.05, 3.63) is 68.1 Å². The quantitative estimate of drug-likeness (QED) is 0.550. The summed E-state index contributed by atoms with van der Waals surface area (Å²) in [5.41, 5.74) is 6.31. The van der Waals surface area contributed by atoms with Gasteiger partial charge in [-0.1, -0.05) is 46.4 Å². The molecular weight excluding hydrogens is 366 g/mol. The van der Waals surface area contributed by atoms with E-state index in [0.717, 1.165) is 0 Å². The Morgan fingerprint density at radius 3 is 2.27 bits per heavy atom. The minimum atomic E-state index is -0.382. The van der Waals surface area contributed by atoms with E-state index in [-0.39, 0.29) is 5.91 Å². The molecule has 0 aliphatic carbocycles. The number of amides is 1. The number of anilines is 1. The lowest BCUT2D eigenvalue weighted by Gasteiger charge is -2.08. The lowest BCUT2D eigenvalue weighted by atomic mass is 10.2. The van der Waals surface area contributed by atoms with Crippen molar-refractivity contribution in [2.45, 2.75) is 0 Å². The summed E-state index contributed by atoms with van der Waals surface area (Å²) < 4.78 is 0. The van der Waals surface area contributed by atoms with E-state index in [4.69, 9.17) is 46.4 Å². The molecule has 3 nitrogen and oxygen atoms in total. The number of hydrazine groups is 1. The molecule has 0 heterocycles. The lowest BCUT2D eigenvalue weighted by Crippen LogP contribution is -2.27. The molecule has 1 amide bonds. The third-order valence-electron chi connectivity index (χ3n) is 2.62. The molecular formula is C15H10Cl4N2O. The molecule has 0 unspecified atom stereocenters. The van der Waals surface area contributed by atoms with Gasteiger partial charge in [-0.3, -0.25) is 15.6 Å². The first kappa shape index (κ1) is 17.0. The first-order valence-corrected chi connectivity index (χ1v) is 7.61. The predicted octanol–water partition coefficient (Wildman–Crippen LogP) is 5.46. The molecule has 2 aromatic carbocycles. The molecule has 22 heavy (non-hydrogen) atoms. The van der Waals surface area contributed by atoms with E-state index in [0.29, 0.717) is 31.3 Å². The van der Waals surface area contributed by atoms with Crippen LogP contribution >= 0.6 is 46.4 Å². The predicted molar refractivity (Wildman–Crippen MR) is 93.7 cm³/mol. The molecule has 0 aliphatic rings. The van der Waals surface area contributed by atoms with Gasteiger partial charge in [0, 0.05) is 21.1 Å². The molecule has 0 aliphatic heterocycles. The number of rotatable bonds is 4. The zero-order valence-corrected chi connectivity index (χ0v) is 14.1. The van der Waals surface area contributed by atoms with Crippen LogP contribution < -0.4 is 10.9 Å². The highest BCUT2D eigenvalue weighted by Gasteiger charge is 2.03. The maximum absolute atomic E-state index is 11.8. The topological polar surface area (TPSA) is 41.1 Å². The monoisotopic (exact) mass is 374 g/mol. The number of hydrogen-bond acceptors (Lipinski definition) is 2. The summed E-state index contributed by atoms with van der Waals surface area (Å²) in [7, 11) is 0. The van der Waals surface area contributed by atoms with Gasteiger partial charge in [-0.15, -0.1) is 0 Å². The highest BCUT2D eigenvalue weighted by molar-refractivity contribution is 6.35. The largest absolute Gasteiger partial charge is 0.297 e. The van der Waals surface area contributed by atoms with Crippen LogP contribution in [0.25, 0.3) is 6.08 Å². The number of nitrogens with one attached hydrogen (secondary N) is 2. The van der Waals surface area contributed by atoms with Gasteiger partial charge in [0.25, 0.3) is 5.91 Å². The van der Waals surface area contributed by atoms with Crippen LogP contribution in [0.15, 0.2) is 42.5 Å². The summed E-state index contributed by atoms with van der Waals surface area (Å²) in [6.45, 7) is 0. The number of carbonyl (C=O) groups is 1. The van der Waals surface area contributed by atoms with Gasteiger partial charge < -0.3 is 0 Å². The zero-order chi connectivity index (χ0) is 16.1. The minimum absolute atomic E-state index is 0.382. The van der Waals surface area contributed by atoms with E-state index < -0.39 is 0 Å². The molecule has 0 saturated carbocycles. The van der Waals surface area contributed by atoms with Crippen molar-refractivity contribution >= 4 is 64.1 Å². The number of benzene rings is 2. The molecule has 0 radical (unpaired) electrons. The maximum atomic E-state index is 11.8. The average Bonchev–Trinajstić information content (AvgIpc) is 2.49. The van der Waals surface area contributed by atoms with Crippen molar-refractivity contribution in [1.82, 2.24) is 5.43 Å². The zero-order valence-electron chi connectivity index (χ0n) is 11.0. The van der Waals surface area contributed by atoms with E-state index in [1.165, 1.54) is 6.08 Å². The average molecular weight is 376 g/mol. The van der Waals surface area contributed by atoms with Gasteiger partial charge in [-0.2, -0.15) is 0 Å². The summed E-state index contributed by atoms with van der Waals surface area (Å²) in [4.78, 5) is 11.8. The second kappa shape index (κ2) is 7.75. The number of hydrogen-bond donors (Lipinski definition) is 2. The highest BCUT2D eigenvalue weighted by atomic mass is 35.5. The Kier molecular flexibility index (Phi) is 5.98. The fraction of sp³-hybridized carbons (Fsp3) is 0. The van der Waals surface area contributed by atoms with Crippen LogP contribution in [0.4, 0.5) is 5.69 Å². The molecule has 2 rings (SSSR count). The second-order valence-corrected chi connectivity index (χ2v) is 5.92. The Hall–Kier alpha value is -1.39. The van der Waals surface area contributed by atoms with Crippen molar-refractivity contribution < 1.29 is 4.79 Å². The summed E-state index contributed by atoms with van der Waals surface area (Å²) in [6, 6.07) is 9.87. The summed E-state index contributed by atoms with van der Waals surface area (Å²) in [5, 5.41) is 1.97. The molecule has 0 saturated heterocycles. The van der Waals surface area contributed by atoms with Gasteiger partial charge in [0.1, 0.15) is 0 Å². The van der Waals surface area contributed by atoms with Gasteiger partial charge >= 0.3 is 0 Å². The van der Waals surface area contributed by atoms with Crippen LogP contribution in [-0.2, 0) is 4.79 Å². The van der Waals surface area contributed by atoms with E-state index in [1.807, 2.05) is 0 Å². The van der Waals surface area contributed by atoms with Crippen LogP contribution in [0.5, 0.6) is 0 Å². The lowest BCUT2D eigenvalue weighted by molar-refractivity contribution is -0.115. The maximum Gasteiger partial charge on any atom is 0.262 e. The van der Waals surface area contributed by atoms with Gasteiger partial charge in [-0.25, -0.2) is 0 Å². The van der Waals surface area contributed by atoms with E-state index in [1.54, 1.807) is 42.5 Å². The Morgan fingerprint density at radius 1 is 0.909 bits per heavy atom. The van der Waals surface area contributed by atoms with Gasteiger partial charge in [0.05, 0.1) is 10.7 Å². The van der Waals surface area contributed by atoms with Gasteiger partial charge in [0.15, 0.2) is 0 Å². The molecule has 0 atom stereocenters. The smallest absolute Gasteiger partial charge is 0.262 e. The van der Waals surface area contributed by atoms with Crippen molar-refractivity contribution in [1.29, 1.82) is 0 Å². The van der Waals surface area contributed by atoms with Crippen molar-refractivity contribution in [2.75, 3.05) is 5.43 Å². The van der Waals surface area contributed by atoms with E-state index in [9.17, 15) is 4.79 Å². The Morgan fingerprint density at radius 2 is 1.55 bits per heavy atom. The fourth-order valence-electron chi connectivity index (χ4n) is 1.57. The van der Waals surface area contributed by atoms with Gasteiger partial charge in [-0.05, 0) is 48.0 Å². The summed E-state index contributed by atoms with van der Waals surface area (Å²) >= 11 is 23.7. The van der Waals surface area contributed by atoms with Crippen LogP contribution in [0.1, 0.15) is 5.56 Å². The molecule has 0 spiro atoms.